The van der Waals surface area contributed by atoms with Gasteiger partial charge in [0.05, 0.1) is 24.3 Å². The monoisotopic (exact) mass is 319 g/mol. The van der Waals surface area contributed by atoms with Gasteiger partial charge in [0.25, 0.3) is 0 Å². The van der Waals surface area contributed by atoms with Crippen molar-refractivity contribution in [3.8, 4) is 5.75 Å². The Morgan fingerprint density at radius 2 is 1.71 bits per heavy atom. The topological polar surface area (TPSA) is 42.4 Å². The van der Waals surface area contributed by atoms with Crippen molar-refractivity contribution in [3.63, 3.8) is 0 Å². The second-order valence-electron chi connectivity index (χ2n) is 5.98. The lowest BCUT2D eigenvalue weighted by molar-refractivity contribution is 0.0378. The summed E-state index contributed by atoms with van der Waals surface area (Å²) in [4.78, 5) is 4.50. The molecule has 0 aliphatic rings. The summed E-state index contributed by atoms with van der Waals surface area (Å²) < 4.78 is 5.31. The molecule has 0 fully saturated rings. The number of aliphatic hydroxyl groups is 1. The van der Waals surface area contributed by atoms with Crippen LogP contribution >= 0.6 is 0 Å². The molecule has 0 spiro atoms. The van der Waals surface area contributed by atoms with E-state index in [2.05, 4.69) is 4.98 Å². The highest BCUT2D eigenvalue weighted by molar-refractivity contribution is 5.40. The van der Waals surface area contributed by atoms with Gasteiger partial charge in [-0.25, -0.2) is 0 Å². The number of hydrogen-bond donors (Lipinski definition) is 1. The fraction of sp³-hybridized carbons (Fsp3) is 0.190. The average Bonchev–Trinajstić information content (AvgIpc) is 2.63. The second kappa shape index (κ2) is 6.85. The van der Waals surface area contributed by atoms with E-state index in [-0.39, 0.29) is 5.92 Å². The van der Waals surface area contributed by atoms with Gasteiger partial charge >= 0.3 is 0 Å². The number of benzene rings is 2. The van der Waals surface area contributed by atoms with Crippen LogP contribution in [0.3, 0.4) is 0 Å². The van der Waals surface area contributed by atoms with E-state index in [9.17, 15) is 5.11 Å². The van der Waals surface area contributed by atoms with Crippen LogP contribution in [0.15, 0.2) is 79.0 Å². The largest absolute Gasteiger partial charge is 0.497 e. The van der Waals surface area contributed by atoms with Crippen LogP contribution in [0.5, 0.6) is 5.75 Å². The lowest BCUT2D eigenvalue weighted by atomic mass is 9.76. The van der Waals surface area contributed by atoms with E-state index < -0.39 is 5.60 Å². The van der Waals surface area contributed by atoms with Crippen molar-refractivity contribution in [1.82, 2.24) is 4.98 Å². The number of methoxy groups -OCH3 is 1. The first-order chi connectivity index (χ1) is 11.6. The summed E-state index contributed by atoms with van der Waals surface area (Å²) in [6, 6.07) is 23.3. The molecule has 0 amide bonds. The van der Waals surface area contributed by atoms with Gasteiger partial charge in [-0.2, -0.15) is 0 Å². The number of ether oxygens (including phenoxy) is 1. The van der Waals surface area contributed by atoms with Crippen LogP contribution in [0.2, 0.25) is 0 Å². The van der Waals surface area contributed by atoms with Gasteiger partial charge in [0.15, 0.2) is 0 Å². The van der Waals surface area contributed by atoms with Crippen LogP contribution < -0.4 is 4.74 Å². The third kappa shape index (κ3) is 3.17. The predicted molar refractivity (Wildman–Crippen MR) is 95.1 cm³/mol. The van der Waals surface area contributed by atoms with Gasteiger partial charge in [-0.1, -0.05) is 48.5 Å². The molecule has 2 atom stereocenters. The van der Waals surface area contributed by atoms with Crippen LogP contribution in [-0.4, -0.2) is 17.2 Å². The molecule has 0 saturated heterocycles. The second-order valence-corrected chi connectivity index (χ2v) is 5.98. The first-order valence-corrected chi connectivity index (χ1v) is 7.95. The summed E-state index contributed by atoms with van der Waals surface area (Å²) in [5.41, 5.74) is 1.51. The molecule has 3 aromatic rings. The lowest BCUT2D eigenvalue weighted by Crippen LogP contribution is -2.31. The number of hydrogen-bond acceptors (Lipinski definition) is 3. The van der Waals surface area contributed by atoms with Crippen LogP contribution in [0, 0.1) is 0 Å². The van der Waals surface area contributed by atoms with E-state index >= 15 is 0 Å². The number of nitrogens with zero attached hydrogens (tertiary/aromatic N) is 1. The third-order valence-electron chi connectivity index (χ3n) is 4.33. The van der Waals surface area contributed by atoms with Crippen molar-refractivity contribution in [2.45, 2.75) is 18.4 Å². The summed E-state index contributed by atoms with van der Waals surface area (Å²) in [5.74, 6) is 0.438. The number of rotatable bonds is 5. The zero-order chi connectivity index (χ0) is 17.0. The van der Waals surface area contributed by atoms with Gasteiger partial charge < -0.3 is 9.84 Å². The quantitative estimate of drug-likeness (QED) is 0.769. The maximum Gasteiger partial charge on any atom is 0.119 e. The van der Waals surface area contributed by atoms with Crippen molar-refractivity contribution in [2.75, 3.05) is 7.11 Å². The maximum absolute atomic E-state index is 11.5. The first-order valence-electron chi connectivity index (χ1n) is 7.95. The summed E-state index contributed by atoms with van der Waals surface area (Å²) in [5, 5.41) is 11.5. The highest BCUT2D eigenvalue weighted by Gasteiger charge is 2.37. The molecule has 1 N–H and O–H groups in total. The van der Waals surface area contributed by atoms with Gasteiger partial charge in [-0.3, -0.25) is 4.98 Å². The molecule has 0 aliphatic carbocycles. The average molecular weight is 319 g/mol. The minimum atomic E-state index is -1.13. The molecule has 1 heterocycles. The molecule has 3 rings (SSSR count). The summed E-state index contributed by atoms with van der Waals surface area (Å²) in [7, 11) is 1.63. The number of pyridine rings is 1. The van der Waals surface area contributed by atoms with Crippen molar-refractivity contribution >= 4 is 0 Å². The van der Waals surface area contributed by atoms with Gasteiger partial charge in [-0.15, -0.1) is 0 Å². The fourth-order valence-electron chi connectivity index (χ4n) is 3.08. The molecule has 3 nitrogen and oxygen atoms in total. The van der Waals surface area contributed by atoms with E-state index in [4.69, 9.17) is 4.74 Å². The molecule has 122 valence electrons. The Morgan fingerprint density at radius 1 is 0.958 bits per heavy atom. The van der Waals surface area contributed by atoms with Gasteiger partial charge in [0, 0.05) is 6.20 Å². The zero-order valence-corrected chi connectivity index (χ0v) is 13.9. The predicted octanol–water partition coefficient (Wildman–Crippen LogP) is 4.13. The van der Waals surface area contributed by atoms with Gasteiger partial charge in [0.2, 0.25) is 0 Å². The molecular formula is C21H21NO2. The Bertz CT molecular complexity index is 746. The molecule has 0 bridgehead atoms. The van der Waals surface area contributed by atoms with E-state index in [1.807, 2.05) is 79.7 Å². The van der Waals surface area contributed by atoms with Crippen LogP contribution in [0.4, 0.5) is 0 Å². The van der Waals surface area contributed by atoms with Crippen molar-refractivity contribution in [3.05, 3.63) is 95.8 Å². The Kier molecular flexibility index (Phi) is 4.63. The van der Waals surface area contributed by atoms with Gasteiger partial charge in [0.1, 0.15) is 5.75 Å². The molecule has 1 aromatic heterocycles. The minimum absolute atomic E-state index is 0.285. The highest BCUT2D eigenvalue weighted by Crippen LogP contribution is 2.41. The Labute approximate surface area is 142 Å². The third-order valence-corrected chi connectivity index (χ3v) is 4.33. The molecule has 0 aliphatic heterocycles. The molecule has 0 radical (unpaired) electrons. The Morgan fingerprint density at radius 3 is 2.38 bits per heavy atom. The zero-order valence-electron chi connectivity index (χ0n) is 13.9. The van der Waals surface area contributed by atoms with E-state index in [0.29, 0.717) is 0 Å². The SMILES string of the molecule is COc1cccc([C@@](C)(O)[C@@H](c2ccccc2)c2ccccn2)c1. The Balaban J connectivity index is 2.13. The minimum Gasteiger partial charge on any atom is -0.497 e. The molecule has 3 heteroatoms. The number of aromatic nitrogens is 1. The lowest BCUT2D eigenvalue weighted by Gasteiger charge is -2.33. The van der Waals surface area contributed by atoms with Crippen molar-refractivity contribution in [2.24, 2.45) is 0 Å². The van der Waals surface area contributed by atoms with E-state index in [0.717, 1.165) is 22.6 Å². The molecular weight excluding hydrogens is 298 g/mol. The summed E-state index contributed by atoms with van der Waals surface area (Å²) >= 11 is 0. The van der Waals surface area contributed by atoms with Crippen LogP contribution in [-0.2, 0) is 5.60 Å². The summed E-state index contributed by atoms with van der Waals surface area (Å²) in [6.45, 7) is 1.83. The normalized spacial score (nSPS) is 14.6. The van der Waals surface area contributed by atoms with Crippen molar-refractivity contribution < 1.29 is 9.84 Å². The standard InChI is InChI=1S/C21H21NO2/c1-21(23,17-11-8-12-18(15-17)24-2)20(16-9-4-3-5-10-16)19-13-6-7-14-22-19/h3-15,20,23H,1-2H3/t20-,21+/m0/s1. The van der Waals surface area contributed by atoms with Crippen molar-refractivity contribution in [1.29, 1.82) is 0 Å². The fourth-order valence-corrected chi connectivity index (χ4v) is 3.08. The summed E-state index contributed by atoms with van der Waals surface area (Å²) in [6.07, 6.45) is 1.76. The Hall–Kier alpha value is -2.65. The molecule has 0 saturated carbocycles. The molecule has 2 aromatic carbocycles. The molecule has 24 heavy (non-hydrogen) atoms. The van der Waals surface area contributed by atoms with E-state index in [1.165, 1.54) is 0 Å². The smallest absolute Gasteiger partial charge is 0.119 e. The van der Waals surface area contributed by atoms with Gasteiger partial charge in [-0.05, 0) is 42.3 Å². The van der Waals surface area contributed by atoms with Crippen LogP contribution in [0.25, 0.3) is 0 Å². The highest BCUT2D eigenvalue weighted by atomic mass is 16.5. The maximum atomic E-state index is 11.5. The molecule has 0 unspecified atom stereocenters. The van der Waals surface area contributed by atoms with E-state index in [1.54, 1.807) is 13.3 Å². The van der Waals surface area contributed by atoms with Crippen LogP contribution in [0.1, 0.15) is 29.7 Å². The first kappa shape index (κ1) is 16.2.